The molecule has 2 aromatic heterocycles. The average Bonchev–Trinajstić information content (AvgIpc) is 3.20. The molecule has 2 aromatic rings. The molecule has 0 aliphatic carbocycles. The van der Waals surface area contributed by atoms with Crippen LogP contribution in [0.2, 0.25) is 0 Å². The molecule has 13 nitrogen and oxygen atoms in total. The van der Waals surface area contributed by atoms with Crippen molar-refractivity contribution in [2.24, 2.45) is 4.99 Å². The van der Waals surface area contributed by atoms with Crippen molar-refractivity contribution in [3.8, 4) is 0 Å². The number of aliphatic imine (C=N–C) groups is 1. The van der Waals surface area contributed by atoms with Crippen molar-refractivity contribution in [3.05, 3.63) is 15.9 Å². The number of aromatic nitrogens is 3. The highest BCUT2D eigenvalue weighted by Gasteiger charge is 2.51. The van der Waals surface area contributed by atoms with Crippen molar-refractivity contribution in [2.75, 3.05) is 20.7 Å². The molecule has 0 radical (unpaired) electrons. The first-order valence-corrected chi connectivity index (χ1v) is 10.6. The number of rotatable bonds is 7. The van der Waals surface area contributed by atoms with Gasteiger partial charge in [-0.3, -0.25) is 23.7 Å². The zero-order chi connectivity index (χ0) is 24.3. The van der Waals surface area contributed by atoms with Gasteiger partial charge in [0.25, 0.3) is 5.95 Å². The van der Waals surface area contributed by atoms with Crippen LogP contribution in [-0.4, -0.2) is 82.7 Å². The molecule has 14 heteroatoms. The summed E-state index contributed by atoms with van der Waals surface area (Å²) in [6.07, 6.45) is -1.60. The predicted molar refractivity (Wildman–Crippen MR) is 115 cm³/mol. The maximum Gasteiger partial charge on any atom is 0.311 e. The minimum absolute atomic E-state index is 0.0952. The summed E-state index contributed by atoms with van der Waals surface area (Å²) < 4.78 is 23.3. The number of hydrogen-bond acceptors (Lipinski definition) is 12. The van der Waals surface area contributed by atoms with Gasteiger partial charge in [-0.1, -0.05) is 11.3 Å². The van der Waals surface area contributed by atoms with Crippen LogP contribution < -0.4 is 4.87 Å². The lowest BCUT2D eigenvalue weighted by atomic mass is 10.1. The minimum atomic E-state index is -1.21. The smallest absolute Gasteiger partial charge is 0.311 e. The van der Waals surface area contributed by atoms with Crippen molar-refractivity contribution in [1.29, 1.82) is 0 Å². The second-order valence-electron chi connectivity index (χ2n) is 7.32. The predicted octanol–water partition coefficient (Wildman–Crippen LogP) is 0.398. The van der Waals surface area contributed by atoms with Crippen LogP contribution in [0, 0.1) is 0 Å². The average molecular weight is 481 g/mol. The Bertz CT molecular complexity index is 1140. The summed E-state index contributed by atoms with van der Waals surface area (Å²) in [6.45, 7) is 3.27. The molecular weight excluding hydrogens is 458 g/mol. The summed E-state index contributed by atoms with van der Waals surface area (Å²) in [4.78, 5) is 61.6. The van der Waals surface area contributed by atoms with Gasteiger partial charge in [0, 0.05) is 34.9 Å². The fraction of sp³-hybridized carbons (Fsp3) is 0.526. The van der Waals surface area contributed by atoms with Gasteiger partial charge in [-0.15, -0.1) is 0 Å². The van der Waals surface area contributed by atoms with E-state index in [9.17, 15) is 19.2 Å². The third-order valence-corrected chi connectivity index (χ3v) is 5.22. The molecule has 0 unspecified atom stereocenters. The van der Waals surface area contributed by atoms with Crippen LogP contribution in [0.3, 0.4) is 0 Å². The Labute approximate surface area is 191 Å². The van der Waals surface area contributed by atoms with E-state index in [-0.39, 0.29) is 18.2 Å². The monoisotopic (exact) mass is 481 g/mol. The number of hydrogen-bond donors (Lipinski definition) is 0. The number of carbonyl (C=O) groups excluding carboxylic acids is 3. The Morgan fingerprint density at radius 2 is 1.85 bits per heavy atom. The lowest BCUT2D eigenvalue weighted by Crippen LogP contribution is -2.41. The van der Waals surface area contributed by atoms with Crippen LogP contribution in [0.15, 0.2) is 16.0 Å². The van der Waals surface area contributed by atoms with Crippen molar-refractivity contribution in [3.63, 3.8) is 0 Å². The van der Waals surface area contributed by atoms with Gasteiger partial charge in [0.2, 0.25) is 0 Å². The Morgan fingerprint density at radius 3 is 2.45 bits per heavy atom. The number of nitrogens with zero attached hydrogens (tertiary/aromatic N) is 5. The Balaban J connectivity index is 2.09. The number of fused-ring (bicyclic) bond motifs is 1. The normalized spacial score (nSPS) is 22.5. The van der Waals surface area contributed by atoms with Gasteiger partial charge >= 0.3 is 22.8 Å². The summed E-state index contributed by atoms with van der Waals surface area (Å²) in [5, 5.41) is 0. The van der Waals surface area contributed by atoms with E-state index in [0.29, 0.717) is 4.70 Å². The molecule has 1 aliphatic heterocycles. The molecule has 4 atom stereocenters. The summed E-state index contributed by atoms with van der Waals surface area (Å²) in [6, 6.07) is 0. The molecular formula is C19H23N5O8S. The van der Waals surface area contributed by atoms with Gasteiger partial charge in [-0.25, -0.2) is 9.98 Å². The summed E-state index contributed by atoms with van der Waals surface area (Å²) in [5.74, 6) is -1.84. The van der Waals surface area contributed by atoms with Gasteiger partial charge < -0.3 is 23.8 Å². The van der Waals surface area contributed by atoms with E-state index in [2.05, 4.69) is 15.0 Å². The lowest BCUT2D eigenvalue weighted by Gasteiger charge is -2.23. The van der Waals surface area contributed by atoms with Gasteiger partial charge in [-0.05, 0) is 0 Å². The largest absolute Gasteiger partial charge is 0.463 e. The van der Waals surface area contributed by atoms with Crippen molar-refractivity contribution in [2.45, 2.75) is 45.3 Å². The van der Waals surface area contributed by atoms with Crippen LogP contribution in [-0.2, 0) is 33.3 Å². The first-order valence-electron chi connectivity index (χ1n) is 9.78. The molecule has 1 fully saturated rings. The van der Waals surface area contributed by atoms with Crippen LogP contribution in [0.4, 0.5) is 5.95 Å². The highest BCUT2D eigenvalue weighted by atomic mass is 32.1. The van der Waals surface area contributed by atoms with Crippen molar-refractivity contribution < 1.29 is 33.3 Å². The molecule has 0 bridgehead atoms. The minimum Gasteiger partial charge on any atom is -0.463 e. The quantitative estimate of drug-likeness (QED) is 0.234. The number of ether oxygens (including phenoxy) is 4. The van der Waals surface area contributed by atoms with E-state index in [1.807, 2.05) is 0 Å². The van der Waals surface area contributed by atoms with Crippen LogP contribution >= 0.6 is 11.3 Å². The van der Waals surface area contributed by atoms with Gasteiger partial charge in [0.15, 0.2) is 24.1 Å². The van der Waals surface area contributed by atoms with Crippen molar-refractivity contribution >= 4 is 51.9 Å². The fourth-order valence-electron chi connectivity index (χ4n) is 3.18. The van der Waals surface area contributed by atoms with Crippen LogP contribution in [0.25, 0.3) is 10.3 Å². The standard InChI is InChI=1S/C19H23N5O8S/c1-9(25)29-7-12-14(30-10(2)26)15(31-11(3)27)17(32-12)24-16-13(33-19(24)28)6-20-18(22-16)21-8-23(4)5/h6,8,12,14-15,17H,7H2,1-5H3/b21-8-/t12-,14-,15-,17-/m1/s1. The maximum atomic E-state index is 12.9. The summed E-state index contributed by atoms with van der Waals surface area (Å²) >= 11 is 0.861. The zero-order valence-electron chi connectivity index (χ0n) is 18.6. The van der Waals surface area contributed by atoms with E-state index >= 15 is 0 Å². The molecule has 178 valence electrons. The van der Waals surface area contributed by atoms with E-state index in [0.717, 1.165) is 11.3 Å². The number of carbonyl (C=O) groups is 3. The van der Waals surface area contributed by atoms with E-state index in [1.165, 1.54) is 37.9 Å². The highest BCUT2D eigenvalue weighted by molar-refractivity contribution is 7.16. The molecule has 0 N–H and O–H groups in total. The molecule has 0 aromatic carbocycles. The second kappa shape index (κ2) is 10.0. The zero-order valence-corrected chi connectivity index (χ0v) is 19.4. The molecule has 3 rings (SSSR count). The number of thiazole rings is 1. The fourth-order valence-corrected chi connectivity index (χ4v) is 4.00. The Kier molecular flexibility index (Phi) is 7.38. The first kappa shape index (κ1) is 24.3. The molecule has 3 heterocycles. The topological polar surface area (TPSA) is 152 Å². The van der Waals surface area contributed by atoms with Gasteiger partial charge in [0.05, 0.1) is 17.2 Å². The molecule has 0 saturated carbocycles. The van der Waals surface area contributed by atoms with E-state index < -0.39 is 47.3 Å². The Hall–Kier alpha value is -3.39. The van der Waals surface area contributed by atoms with E-state index in [4.69, 9.17) is 18.9 Å². The van der Waals surface area contributed by atoms with Crippen LogP contribution in [0.5, 0.6) is 0 Å². The third kappa shape index (κ3) is 5.70. The summed E-state index contributed by atoms with van der Waals surface area (Å²) in [5.41, 5.74) is 0.197. The first-order chi connectivity index (χ1) is 15.6. The third-order valence-electron chi connectivity index (χ3n) is 4.34. The number of esters is 3. The molecule has 0 spiro atoms. The molecule has 33 heavy (non-hydrogen) atoms. The highest BCUT2D eigenvalue weighted by Crippen LogP contribution is 2.36. The lowest BCUT2D eigenvalue weighted by molar-refractivity contribution is -0.166. The van der Waals surface area contributed by atoms with Gasteiger partial charge in [0.1, 0.15) is 12.7 Å². The SMILES string of the molecule is CC(=O)OC[C@H]1O[C@@H](n2c(=O)sc3cnc(/N=C\N(C)C)nc32)[C@H](OC(C)=O)[C@@H]1OC(C)=O. The Morgan fingerprint density at radius 1 is 1.18 bits per heavy atom. The molecule has 1 saturated heterocycles. The molecule has 0 amide bonds. The van der Waals surface area contributed by atoms with Crippen LogP contribution in [0.1, 0.15) is 27.0 Å². The molecule has 1 aliphatic rings. The maximum absolute atomic E-state index is 12.9. The van der Waals surface area contributed by atoms with E-state index in [1.54, 1.807) is 19.0 Å². The second-order valence-corrected chi connectivity index (χ2v) is 8.31. The van der Waals surface area contributed by atoms with Crippen molar-refractivity contribution in [1.82, 2.24) is 19.4 Å². The summed E-state index contributed by atoms with van der Waals surface area (Å²) in [7, 11) is 3.55. The van der Waals surface area contributed by atoms with Gasteiger partial charge in [-0.2, -0.15) is 4.98 Å².